The molecule has 2 aromatic heterocycles. The van der Waals surface area contributed by atoms with Crippen molar-refractivity contribution in [2.75, 3.05) is 32.2 Å². The van der Waals surface area contributed by atoms with E-state index in [1.807, 2.05) is 24.4 Å². The number of methoxy groups -OCH3 is 2. The lowest BCUT2D eigenvalue weighted by Gasteiger charge is -2.45. The van der Waals surface area contributed by atoms with Crippen LogP contribution in [-0.2, 0) is 17.8 Å². The molecule has 0 bridgehead atoms. The van der Waals surface area contributed by atoms with Gasteiger partial charge in [0.25, 0.3) is 0 Å². The number of nitrogens with zero attached hydrogens (tertiary/aromatic N) is 4. The van der Waals surface area contributed by atoms with E-state index in [9.17, 15) is 4.79 Å². The van der Waals surface area contributed by atoms with Gasteiger partial charge in [-0.15, -0.1) is 0 Å². The number of esters is 1. The van der Waals surface area contributed by atoms with Gasteiger partial charge in [0.05, 0.1) is 31.7 Å². The molecule has 1 fully saturated rings. The Bertz CT molecular complexity index is 1370. The Morgan fingerprint density at radius 1 is 0.946 bits per heavy atom. The van der Waals surface area contributed by atoms with E-state index in [-0.39, 0.29) is 5.97 Å². The number of anilines is 1. The summed E-state index contributed by atoms with van der Waals surface area (Å²) in [5.41, 5.74) is 5.05. The molecule has 37 heavy (non-hydrogen) atoms. The summed E-state index contributed by atoms with van der Waals surface area (Å²) in [6.07, 6.45) is 4.07. The Kier molecular flexibility index (Phi) is 7.15. The summed E-state index contributed by atoms with van der Waals surface area (Å²) in [7, 11) is 3.11. The van der Waals surface area contributed by atoms with Crippen LogP contribution in [0.1, 0.15) is 35.3 Å². The van der Waals surface area contributed by atoms with E-state index >= 15 is 0 Å². The van der Waals surface area contributed by atoms with Gasteiger partial charge in [-0.2, -0.15) is 0 Å². The average molecular weight is 499 g/mol. The second-order valence-electron chi connectivity index (χ2n) is 9.87. The average Bonchev–Trinajstić information content (AvgIpc) is 3.32. The Morgan fingerprint density at radius 3 is 2.41 bits per heavy atom. The van der Waals surface area contributed by atoms with E-state index in [4.69, 9.17) is 14.5 Å². The lowest BCUT2D eigenvalue weighted by molar-refractivity contribution is 0.0600. The van der Waals surface area contributed by atoms with Crippen molar-refractivity contribution in [2.24, 2.45) is 0 Å². The maximum Gasteiger partial charge on any atom is 0.337 e. The fourth-order valence-corrected chi connectivity index (χ4v) is 5.29. The standard InChI is InChI=1S/C30H34N4O3/c1-21-17-33(18-22(2)34(21)20-24-6-5-7-28(14-24)36-3)27-15-26-12-13-32(29(26)31-16-27)19-23-8-10-25(11-9-23)30(35)37-4/h5-16,21-22H,17-20H2,1-4H3. The monoisotopic (exact) mass is 498 g/mol. The Labute approximate surface area is 218 Å². The van der Waals surface area contributed by atoms with Crippen molar-refractivity contribution in [1.29, 1.82) is 0 Å². The zero-order valence-electron chi connectivity index (χ0n) is 21.9. The normalized spacial score (nSPS) is 18.2. The predicted octanol–water partition coefficient (Wildman–Crippen LogP) is 4.98. The van der Waals surface area contributed by atoms with E-state index in [1.165, 1.54) is 12.7 Å². The molecular weight excluding hydrogens is 464 g/mol. The molecule has 0 spiro atoms. The van der Waals surface area contributed by atoms with Crippen LogP contribution < -0.4 is 9.64 Å². The third-order valence-electron chi connectivity index (χ3n) is 7.28. The smallest absolute Gasteiger partial charge is 0.337 e. The van der Waals surface area contributed by atoms with Crippen LogP contribution >= 0.6 is 0 Å². The fraction of sp³-hybridized carbons (Fsp3) is 0.333. The molecule has 1 aliphatic rings. The van der Waals surface area contributed by atoms with E-state index in [0.717, 1.165) is 47.7 Å². The number of piperazine rings is 1. The number of aromatic nitrogens is 2. The molecule has 0 amide bonds. The largest absolute Gasteiger partial charge is 0.497 e. The summed E-state index contributed by atoms with van der Waals surface area (Å²) >= 11 is 0. The first-order chi connectivity index (χ1) is 17.9. The highest BCUT2D eigenvalue weighted by molar-refractivity contribution is 5.89. The highest BCUT2D eigenvalue weighted by Gasteiger charge is 2.30. The van der Waals surface area contributed by atoms with Crippen molar-refractivity contribution in [1.82, 2.24) is 14.5 Å². The van der Waals surface area contributed by atoms with Gasteiger partial charge in [0.2, 0.25) is 0 Å². The summed E-state index contributed by atoms with van der Waals surface area (Å²) in [6.45, 7) is 8.11. The van der Waals surface area contributed by atoms with Gasteiger partial charge in [-0.1, -0.05) is 24.3 Å². The van der Waals surface area contributed by atoms with Gasteiger partial charge in [-0.25, -0.2) is 9.78 Å². The number of pyridine rings is 1. The molecular formula is C30H34N4O3. The zero-order valence-corrected chi connectivity index (χ0v) is 21.9. The van der Waals surface area contributed by atoms with E-state index in [1.54, 1.807) is 19.2 Å². The second-order valence-corrected chi connectivity index (χ2v) is 9.87. The van der Waals surface area contributed by atoms with Crippen molar-refractivity contribution in [3.05, 3.63) is 89.7 Å². The maximum atomic E-state index is 11.7. The fourth-order valence-electron chi connectivity index (χ4n) is 5.29. The van der Waals surface area contributed by atoms with Crippen LogP contribution in [-0.4, -0.2) is 59.8 Å². The number of fused-ring (bicyclic) bond motifs is 1. The number of carbonyl (C=O) groups excluding carboxylic acids is 1. The van der Waals surface area contributed by atoms with Gasteiger partial charge < -0.3 is 18.9 Å². The summed E-state index contributed by atoms with van der Waals surface area (Å²) in [6, 6.07) is 21.1. The number of carbonyl (C=O) groups is 1. The van der Waals surface area contributed by atoms with Crippen LogP contribution in [0, 0.1) is 0 Å². The first kappa shape index (κ1) is 24.8. The van der Waals surface area contributed by atoms with Gasteiger partial charge in [0.1, 0.15) is 11.4 Å². The summed E-state index contributed by atoms with van der Waals surface area (Å²) in [5, 5.41) is 1.13. The number of ether oxygens (including phenoxy) is 2. The minimum atomic E-state index is -0.322. The molecule has 7 heteroatoms. The molecule has 0 aliphatic carbocycles. The highest BCUT2D eigenvalue weighted by atomic mass is 16.5. The van der Waals surface area contributed by atoms with Crippen LogP contribution in [0.2, 0.25) is 0 Å². The molecule has 2 atom stereocenters. The third-order valence-corrected chi connectivity index (χ3v) is 7.28. The van der Waals surface area contributed by atoms with Crippen LogP contribution in [0.25, 0.3) is 11.0 Å². The quantitative estimate of drug-likeness (QED) is 0.335. The first-order valence-corrected chi connectivity index (χ1v) is 12.7. The molecule has 0 N–H and O–H groups in total. The van der Waals surface area contributed by atoms with Crippen LogP contribution in [0.5, 0.6) is 5.75 Å². The molecule has 2 aromatic carbocycles. The van der Waals surface area contributed by atoms with E-state index in [0.29, 0.717) is 24.2 Å². The van der Waals surface area contributed by atoms with E-state index in [2.05, 4.69) is 64.7 Å². The Morgan fingerprint density at radius 2 is 1.70 bits per heavy atom. The molecule has 7 nitrogen and oxygen atoms in total. The molecule has 3 heterocycles. The number of hydrogen-bond donors (Lipinski definition) is 0. The van der Waals surface area contributed by atoms with Gasteiger partial charge in [-0.3, -0.25) is 4.90 Å². The van der Waals surface area contributed by atoms with E-state index < -0.39 is 0 Å². The summed E-state index contributed by atoms with van der Waals surface area (Å²) < 4.78 is 12.3. The molecule has 0 saturated carbocycles. The summed E-state index contributed by atoms with van der Waals surface area (Å²) in [4.78, 5) is 21.6. The molecule has 4 aromatic rings. The van der Waals surface area contributed by atoms with Gasteiger partial charge in [0.15, 0.2) is 0 Å². The highest BCUT2D eigenvalue weighted by Crippen LogP contribution is 2.27. The minimum Gasteiger partial charge on any atom is -0.497 e. The van der Waals surface area contributed by atoms with Gasteiger partial charge >= 0.3 is 5.97 Å². The second kappa shape index (κ2) is 10.6. The predicted molar refractivity (Wildman–Crippen MR) is 146 cm³/mol. The molecule has 2 unspecified atom stereocenters. The van der Waals surface area contributed by atoms with Gasteiger partial charge in [-0.05, 0) is 61.4 Å². The Hall–Kier alpha value is -3.84. The lowest BCUT2D eigenvalue weighted by atomic mass is 10.1. The van der Waals surface area contributed by atoms with Gasteiger partial charge in [0, 0.05) is 49.8 Å². The summed E-state index contributed by atoms with van der Waals surface area (Å²) in [5.74, 6) is 0.581. The third kappa shape index (κ3) is 5.32. The Balaban J connectivity index is 1.27. The van der Waals surface area contributed by atoms with Crippen LogP contribution in [0.4, 0.5) is 5.69 Å². The minimum absolute atomic E-state index is 0.322. The van der Waals surface area contributed by atoms with Crippen LogP contribution in [0.3, 0.4) is 0 Å². The zero-order chi connectivity index (χ0) is 25.9. The molecule has 1 saturated heterocycles. The van der Waals surface area contributed by atoms with Crippen LogP contribution in [0.15, 0.2) is 73.1 Å². The first-order valence-electron chi connectivity index (χ1n) is 12.7. The van der Waals surface area contributed by atoms with Crippen molar-refractivity contribution < 1.29 is 14.3 Å². The van der Waals surface area contributed by atoms with Crippen molar-refractivity contribution >= 4 is 22.7 Å². The molecule has 1 aliphatic heterocycles. The van der Waals surface area contributed by atoms with Crippen molar-refractivity contribution in [3.63, 3.8) is 0 Å². The van der Waals surface area contributed by atoms with Crippen molar-refractivity contribution in [3.8, 4) is 5.75 Å². The lowest BCUT2D eigenvalue weighted by Crippen LogP contribution is -2.56. The number of benzene rings is 2. The molecule has 0 radical (unpaired) electrons. The number of rotatable bonds is 7. The van der Waals surface area contributed by atoms with Crippen molar-refractivity contribution in [2.45, 2.75) is 39.0 Å². The molecule has 5 rings (SSSR count). The maximum absolute atomic E-state index is 11.7. The number of hydrogen-bond acceptors (Lipinski definition) is 6. The molecule has 192 valence electrons. The SMILES string of the molecule is COC(=O)c1ccc(Cn2ccc3cc(N4CC(C)N(Cc5cccc(OC)c5)C(C)C4)cnc32)cc1. The topological polar surface area (TPSA) is 59.8 Å².